The molecule has 0 aliphatic heterocycles. The van der Waals surface area contributed by atoms with Crippen molar-refractivity contribution in [2.45, 2.75) is 6.54 Å². The molecule has 5 heteroatoms. The van der Waals surface area contributed by atoms with Gasteiger partial charge >= 0.3 is 0 Å². The third-order valence-electron chi connectivity index (χ3n) is 3.13. The van der Waals surface area contributed by atoms with Gasteiger partial charge in [-0.05, 0) is 36.4 Å². The van der Waals surface area contributed by atoms with Crippen LogP contribution in [0.4, 0.5) is 0 Å². The zero-order valence-electron chi connectivity index (χ0n) is 11.5. The number of ether oxygens (including phenoxy) is 1. The molecule has 0 saturated carbocycles. The average molecular weight is 298 g/mol. The van der Waals surface area contributed by atoms with Gasteiger partial charge < -0.3 is 10.1 Å². The fraction of sp³-hybridized carbons (Fsp3) is 0.125. The fourth-order valence-electron chi connectivity index (χ4n) is 2.05. The van der Waals surface area contributed by atoms with Crippen molar-refractivity contribution in [1.82, 2.24) is 10.3 Å². The Morgan fingerprint density at radius 1 is 1.29 bits per heavy atom. The molecule has 0 saturated heterocycles. The number of carbonyl (C=O) groups excluding carboxylic acids is 1. The SMILES string of the molecule is COc1ccc(CNC(=O)c2ccc3ncccc3c2)s1. The average Bonchev–Trinajstić information content (AvgIpc) is 3.00. The summed E-state index contributed by atoms with van der Waals surface area (Å²) >= 11 is 1.53. The molecule has 2 heterocycles. The normalized spacial score (nSPS) is 10.5. The summed E-state index contributed by atoms with van der Waals surface area (Å²) in [6, 6.07) is 13.2. The molecule has 0 unspecified atom stereocenters. The van der Waals surface area contributed by atoms with Gasteiger partial charge in [0, 0.05) is 22.0 Å². The first-order valence-corrected chi connectivity index (χ1v) is 7.33. The first-order valence-electron chi connectivity index (χ1n) is 6.52. The summed E-state index contributed by atoms with van der Waals surface area (Å²) in [5, 5.41) is 4.72. The van der Waals surface area contributed by atoms with Gasteiger partial charge in [0.2, 0.25) is 0 Å². The van der Waals surface area contributed by atoms with Crippen LogP contribution in [0.25, 0.3) is 10.9 Å². The number of rotatable bonds is 4. The van der Waals surface area contributed by atoms with Crippen LogP contribution in [0.5, 0.6) is 5.06 Å². The van der Waals surface area contributed by atoms with Crippen LogP contribution in [0.2, 0.25) is 0 Å². The van der Waals surface area contributed by atoms with Crippen molar-refractivity contribution in [2.24, 2.45) is 0 Å². The standard InChI is InChI=1S/C16H14N2O2S/c1-20-15-7-5-13(21-15)10-18-16(19)12-4-6-14-11(9-12)3-2-8-17-14/h2-9H,10H2,1H3,(H,18,19). The number of hydrogen-bond acceptors (Lipinski definition) is 4. The Kier molecular flexibility index (Phi) is 3.83. The van der Waals surface area contributed by atoms with Gasteiger partial charge in [0.1, 0.15) is 0 Å². The number of fused-ring (bicyclic) bond motifs is 1. The maximum Gasteiger partial charge on any atom is 0.251 e. The number of nitrogens with one attached hydrogen (secondary N) is 1. The van der Waals surface area contributed by atoms with Gasteiger partial charge in [0.05, 0.1) is 19.2 Å². The van der Waals surface area contributed by atoms with Crippen molar-refractivity contribution in [3.63, 3.8) is 0 Å². The minimum Gasteiger partial charge on any atom is -0.487 e. The van der Waals surface area contributed by atoms with Gasteiger partial charge in [-0.1, -0.05) is 6.07 Å². The molecule has 0 atom stereocenters. The number of aromatic nitrogens is 1. The van der Waals surface area contributed by atoms with E-state index in [1.807, 2.05) is 36.4 Å². The monoisotopic (exact) mass is 298 g/mol. The highest BCUT2D eigenvalue weighted by Gasteiger charge is 2.07. The van der Waals surface area contributed by atoms with Gasteiger partial charge in [-0.2, -0.15) is 0 Å². The lowest BCUT2D eigenvalue weighted by atomic mass is 10.1. The second-order valence-electron chi connectivity index (χ2n) is 4.52. The van der Waals surface area contributed by atoms with E-state index in [1.54, 1.807) is 19.4 Å². The molecular weight excluding hydrogens is 284 g/mol. The van der Waals surface area contributed by atoms with Crippen molar-refractivity contribution in [3.8, 4) is 5.06 Å². The summed E-state index contributed by atoms with van der Waals surface area (Å²) in [5.74, 6) is -0.0897. The number of nitrogens with zero attached hydrogens (tertiary/aromatic N) is 1. The maximum absolute atomic E-state index is 12.2. The lowest BCUT2D eigenvalue weighted by Crippen LogP contribution is -2.22. The first-order chi connectivity index (χ1) is 10.3. The lowest BCUT2D eigenvalue weighted by Gasteiger charge is -2.05. The summed E-state index contributed by atoms with van der Waals surface area (Å²) in [4.78, 5) is 17.5. The highest BCUT2D eigenvalue weighted by molar-refractivity contribution is 7.13. The molecule has 0 bridgehead atoms. The molecule has 1 amide bonds. The molecule has 0 spiro atoms. The number of amides is 1. The molecular formula is C16H14N2O2S. The van der Waals surface area contributed by atoms with E-state index in [1.165, 1.54) is 11.3 Å². The molecule has 0 fully saturated rings. The van der Waals surface area contributed by atoms with Crippen LogP contribution < -0.4 is 10.1 Å². The van der Waals surface area contributed by atoms with Crippen molar-refractivity contribution < 1.29 is 9.53 Å². The van der Waals surface area contributed by atoms with E-state index in [9.17, 15) is 4.79 Å². The summed E-state index contributed by atoms with van der Waals surface area (Å²) in [7, 11) is 1.64. The van der Waals surface area contributed by atoms with Crippen molar-refractivity contribution in [2.75, 3.05) is 7.11 Å². The van der Waals surface area contributed by atoms with Crippen LogP contribution in [0.1, 0.15) is 15.2 Å². The van der Waals surface area contributed by atoms with Gasteiger partial charge in [0.25, 0.3) is 5.91 Å². The minimum atomic E-state index is -0.0897. The Bertz CT molecular complexity index is 783. The summed E-state index contributed by atoms with van der Waals surface area (Å²) in [6.45, 7) is 0.498. The Morgan fingerprint density at radius 3 is 3.00 bits per heavy atom. The minimum absolute atomic E-state index is 0.0897. The summed E-state index contributed by atoms with van der Waals surface area (Å²) in [6.07, 6.45) is 1.74. The van der Waals surface area contributed by atoms with Crippen molar-refractivity contribution >= 4 is 28.1 Å². The number of thiophene rings is 1. The molecule has 0 aliphatic rings. The number of methoxy groups -OCH3 is 1. The molecule has 2 aromatic heterocycles. The smallest absolute Gasteiger partial charge is 0.251 e. The molecule has 0 radical (unpaired) electrons. The second-order valence-corrected chi connectivity index (χ2v) is 5.65. The zero-order valence-corrected chi connectivity index (χ0v) is 12.3. The quantitative estimate of drug-likeness (QED) is 0.804. The Morgan fingerprint density at radius 2 is 2.19 bits per heavy atom. The largest absolute Gasteiger partial charge is 0.487 e. The van der Waals surface area contributed by atoms with E-state index >= 15 is 0 Å². The topological polar surface area (TPSA) is 51.2 Å². The van der Waals surface area contributed by atoms with Crippen LogP contribution in [0, 0.1) is 0 Å². The summed E-state index contributed by atoms with van der Waals surface area (Å²) in [5.41, 5.74) is 1.52. The van der Waals surface area contributed by atoms with Crippen molar-refractivity contribution in [1.29, 1.82) is 0 Å². The van der Waals surface area contributed by atoms with Crippen LogP contribution in [-0.2, 0) is 6.54 Å². The Hall–Kier alpha value is -2.40. The van der Waals surface area contributed by atoms with E-state index in [-0.39, 0.29) is 5.91 Å². The predicted molar refractivity (Wildman–Crippen MR) is 83.8 cm³/mol. The molecule has 4 nitrogen and oxygen atoms in total. The third-order valence-corrected chi connectivity index (χ3v) is 4.17. The lowest BCUT2D eigenvalue weighted by molar-refractivity contribution is 0.0951. The molecule has 0 aliphatic carbocycles. The Labute approximate surface area is 126 Å². The Balaban J connectivity index is 1.71. The number of hydrogen-bond donors (Lipinski definition) is 1. The van der Waals surface area contributed by atoms with Crippen LogP contribution in [0.15, 0.2) is 48.7 Å². The van der Waals surface area contributed by atoms with Crippen LogP contribution in [-0.4, -0.2) is 18.0 Å². The number of carbonyl (C=O) groups is 1. The molecule has 106 valence electrons. The fourth-order valence-corrected chi connectivity index (χ4v) is 2.81. The zero-order chi connectivity index (χ0) is 14.7. The highest BCUT2D eigenvalue weighted by atomic mass is 32.1. The molecule has 21 heavy (non-hydrogen) atoms. The first kappa shape index (κ1) is 13.6. The molecule has 1 N–H and O–H groups in total. The summed E-state index contributed by atoms with van der Waals surface area (Å²) < 4.78 is 5.13. The van der Waals surface area contributed by atoms with Crippen LogP contribution in [0.3, 0.4) is 0 Å². The number of benzene rings is 1. The predicted octanol–water partition coefficient (Wildman–Crippen LogP) is 3.23. The van der Waals surface area contributed by atoms with Crippen molar-refractivity contribution in [3.05, 3.63) is 59.1 Å². The van der Waals surface area contributed by atoms with E-state index < -0.39 is 0 Å². The van der Waals surface area contributed by atoms with E-state index in [0.717, 1.165) is 20.8 Å². The van der Waals surface area contributed by atoms with Gasteiger partial charge in [0.15, 0.2) is 5.06 Å². The highest BCUT2D eigenvalue weighted by Crippen LogP contribution is 2.23. The van der Waals surface area contributed by atoms with E-state index in [0.29, 0.717) is 12.1 Å². The molecule has 1 aromatic carbocycles. The molecule has 3 aromatic rings. The maximum atomic E-state index is 12.2. The second kappa shape index (κ2) is 5.93. The van der Waals surface area contributed by atoms with Gasteiger partial charge in [-0.25, -0.2) is 0 Å². The third kappa shape index (κ3) is 3.03. The van der Waals surface area contributed by atoms with E-state index in [2.05, 4.69) is 10.3 Å². The number of pyridine rings is 1. The molecule has 3 rings (SSSR count). The van der Waals surface area contributed by atoms with Gasteiger partial charge in [-0.15, -0.1) is 11.3 Å². The van der Waals surface area contributed by atoms with Crippen LogP contribution >= 0.6 is 11.3 Å². The van der Waals surface area contributed by atoms with E-state index in [4.69, 9.17) is 4.74 Å². The van der Waals surface area contributed by atoms with Gasteiger partial charge in [-0.3, -0.25) is 9.78 Å².